The highest BCUT2D eigenvalue weighted by atomic mass is 16.5. The van der Waals surface area contributed by atoms with Gasteiger partial charge < -0.3 is 9.15 Å². The summed E-state index contributed by atoms with van der Waals surface area (Å²) in [5.41, 5.74) is 4.19. The van der Waals surface area contributed by atoms with Gasteiger partial charge in [-0.1, -0.05) is 49.8 Å². The summed E-state index contributed by atoms with van der Waals surface area (Å²) in [7, 11) is 0. The molecule has 0 radical (unpaired) electrons. The molecule has 3 rings (SSSR count). The predicted molar refractivity (Wildman–Crippen MR) is 113 cm³/mol. The second-order valence-electron chi connectivity index (χ2n) is 8.06. The van der Waals surface area contributed by atoms with Gasteiger partial charge in [-0.15, -0.1) is 0 Å². The van der Waals surface area contributed by atoms with E-state index in [1.165, 1.54) is 30.4 Å². The Balaban J connectivity index is 1.69. The first kappa shape index (κ1) is 19.9. The topological polar surface area (TPSA) is 39.4 Å². The van der Waals surface area contributed by atoms with Gasteiger partial charge in [-0.3, -0.25) is 0 Å². The molecule has 1 aliphatic rings. The van der Waals surface area contributed by atoms with E-state index in [1.54, 1.807) is 24.3 Å². The zero-order valence-corrected chi connectivity index (χ0v) is 17.1. The first-order chi connectivity index (χ1) is 13.3. The second kappa shape index (κ2) is 8.47. The summed E-state index contributed by atoms with van der Waals surface area (Å²) in [5, 5.41) is 0. The van der Waals surface area contributed by atoms with E-state index >= 15 is 0 Å². The molecular weight excluding hydrogens is 348 g/mol. The van der Waals surface area contributed by atoms with Crippen LogP contribution in [-0.2, 0) is 0 Å². The molecule has 0 N–H and O–H groups in total. The minimum Gasteiger partial charge on any atom is -0.450 e. The number of esters is 1. The van der Waals surface area contributed by atoms with Crippen LogP contribution in [0.3, 0.4) is 0 Å². The fourth-order valence-corrected chi connectivity index (χ4v) is 3.68. The summed E-state index contributed by atoms with van der Waals surface area (Å²) in [6, 6.07) is 12.4. The van der Waals surface area contributed by atoms with Crippen LogP contribution in [0.2, 0.25) is 0 Å². The lowest BCUT2D eigenvalue weighted by atomic mass is 9.72. The highest BCUT2D eigenvalue weighted by Gasteiger charge is 2.26. The smallest absolute Gasteiger partial charge is 0.379 e. The molecule has 3 heteroatoms. The fourth-order valence-electron chi connectivity index (χ4n) is 3.68. The van der Waals surface area contributed by atoms with Crippen molar-refractivity contribution in [1.82, 2.24) is 0 Å². The molecule has 28 heavy (non-hydrogen) atoms. The summed E-state index contributed by atoms with van der Waals surface area (Å²) in [6.07, 6.45) is 9.94. The maximum absolute atomic E-state index is 12.2. The van der Waals surface area contributed by atoms with Gasteiger partial charge in [-0.25, -0.2) is 4.79 Å². The van der Waals surface area contributed by atoms with Crippen molar-refractivity contribution in [3.8, 4) is 5.75 Å². The molecule has 0 fully saturated rings. The van der Waals surface area contributed by atoms with Crippen LogP contribution < -0.4 is 4.74 Å². The van der Waals surface area contributed by atoms with Gasteiger partial charge in [-0.2, -0.15) is 0 Å². The number of carbonyl (C=O) groups is 1. The summed E-state index contributed by atoms with van der Waals surface area (Å²) in [6.45, 7) is 8.89. The van der Waals surface area contributed by atoms with Crippen LogP contribution in [0, 0.1) is 5.41 Å². The van der Waals surface area contributed by atoms with Crippen molar-refractivity contribution in [3.05, 3.63) is 82.9 Å². The maximum atomic E-state index is 12.2. The third-order valence-corrected chi connectivity index (χ3v) is 5.21. The third-order valence-electron chi connectivity index (χ3n) is 5.21. The Morgan fingerprint density at radius 2 is 1.89 bits per heavy atom. The summed E-state index contributed by atoms with van der Waals surface area (Å²) in [5.74, 6) is 0.831. The lowest BCUT2D eigenvalue weighted by Crippen LogP contribution is -2.19. The fraction of sp³-hybridized carbons (Fsp3) is 0.320. The molecule has 0 saturated heterocycles. The number of carbonyl (C=O) groups excluding carboxylic acids is 1. The number of ether oxygens (including phenoxy) is 1. The van der Waals surface area contributed by atoms with Crippen molar-refractivity contribution in [2.45, 2.75) is 47.0 Å². The van der Waals surface area contributed by atoms with Crippen LogP contribution in [0.25, 0.3) is 6.08 Å². The van der Waals surface area contributed by atoms with E-state index in [0.29, 0.717) is 11.5 Å². The monoisotopic (exact) mass is 376 g/mol. The van der Waals surface area contributed by atoms with Gasteiger partial charge in [0, 0.05) is 0 Å². The maximum Gasteiger partial charge on any atom is 0.379 e. The number of hydrogen-bond acceptors (Lipinski definition) is 3. The van der Waals surface area contributed by atoms with Gasteiger partial charge in [0.2, 0.25) is 5.76 Å². The second-order valence-corrected chi connectivity index (χ2v) is 8.06. The van der Waals surface area contributed by atoms with Crippen LogP contribution in [-0.4, -0.2) is 5.97 Å². The first-order valence-electron chi connectivity index (χ1n) is 9.79. The van der Waals surface area contributed by atoms with Crippen molar-refractivity contribution in [2.24, 2.45) is 5.41 Å². The molecule has 0 amide bonds. The Labute approximate surface area is 167 Å². The molecular formula is C25H28O3. The SMILES string of the molecule is CC1=C(C=C/C(C)=C/c2ccc(C(=O)Oc3ccccc3)o2)C(C)(C)CCC1. The van der Waals surface area contributed by atoms with Crippen LogP contribution >= 0.6 is 0 Å². The quantitative estimate of drug-likeness (QED) is 0.321. The van der Waals surface area contributed by atoms with Crippen LogP contribution in [0.1, 0.15) is 63.3 Å². The molecule has 3 nitrogen and oxygen atoms in total. The van der Waals surface area contributed by atoms with Gasteiger partial charge in [0.05, 0.1) is 0 Å². The average Bonchev–Trinajstić information content (AvgIpc) is 3.10. The highest BCUT2D eigenvalue weighted by molar-refractivity contribution is 5.88. The van der Waals surface area contributed by atoms with Crippen molar-refractivity contribution in [3.63, 3.8) is 0 Å². The van der Waals surface area contributed by atoms with Crippen LogP contribution in [0.15, 0.2) is 75.8 Å². The predicted octanol–water partition coefficient (Wildman–Crippen LogP) is 6.98. The van der Waals surface area contributed by atoms with Gasteiger partial charge >= 0.3 is 5.97 Å². The average molecular weight is 376 g/mol. The Morgan fingerprint density at radius 3 is 2.61 bits per heavy atom. The Kier molecular flexibility index (Phi) is 6.03. The Hall–Kier alpha value is -2.81. The largest absolute Gasteiger partial charge is 0.450 e. The van der Waals surface area contributed by atoms with Gasteiger partial charge in [0.1, 0.15) is 11.5 Å². The summed E-state index contributed by atoms with van der Waals surface area (Å²) < 4.78 is 11.0. The molecule has 0 bridgehead atoms. The highest BCUT2D eigenvalue weighted by Crippen LogP contribution is 2.40. The van der Waals surface area contributed by atoms with Crippen LogP contribution in [0.4, 0.5) is 0 Å². The van der Waals surface area contributed by atoms with Crippen molar-refractivity contribution < 1.29 is 13.9 Å². The third kappa shape index (κ3) is 4.92. The van der Waals surface area contributed by atoms with Gasteiger partial charge in [0.15, 0.2) is 0 Å². The van der Waals surface area contributed by atoms with E-state index in [1.807, 2.05) is 31.2 Å². The Morgan fingerprint density at radius 1 is 1.14 bits per heavy atom. The number of benzene rings is 1. The summed E-state index contributed by atoms with van der Waals surface area (Å²) >= 11 is 0. The molecule has 0 spiro atoms. The van der Waals surface area contributed by atoms with Crippen molar-refractivity contribution >= 4 is 12.0 Å². The number of para-hydroxylation sites is 1. The van der Waals surface area contributed by atoms with Crippen molar-refractivity contribution in [2.75, 3.05) is 0 Å². The van der Waals surface area contributed by atoms with E-state index in [9.17, 15) is 4.79 Å². The van der Waals surface area contributed by atoms with Gasteiger partial charge in [-0.05, 0) is 80.0 Å². The van der Waals surface area contributed by atoms with Crippen LogP contribution in [0.5, 0.6) is 5.75 Å². The number of furan rings is 1. The Bertz CT molecular complexity index is 924. The first-order valence-corrected chi connectivity index (χ1v) is 9.79. The van der Waals surface area contributed by atoms with E-state index in [0.717, 1.165) is 5.57 Å². The lowest BCUT2D eigenvalue weighted by molar-refractivity contribution is 0.0701. The van der Waals surface area contributed by atoms with E-state index in [4.69, 9.17) is 9.15 Å². The molecule has 1 heterocycles. The molecule has 146 valence electrons. The zero-order chi connectivity index (χ0) is 20.1. The molecule has 2 aromatic rings. The van der Waals surface area contributed by atoms with Gasteiger partial charge in [0.25, 0.3) is 0 Å². The molecule has 0 unspecified atom stereocenters. The number of rotatable bonds is 5. The van der Waals surface area contributed by atoms with E-state index < -0.39 is 5.97 Å². The molecule has 0 aliphatic heterocycles. The number of allylic oxidation sites excluding steroid dienone is 5. The van der Waals surface area contributed by atoms with E-state index in [-0.39, 0.29) is 11.2 Å². The lowest BCUT2D eigenvalue weighted by Gasteiger charge is -2.32. The minimum atomic E-state index is -0.496. The minimum absolute atomic E-state index is 0.193. The normalized spacial score (nSPS) is 17.2. The number of hydrogen-bond donors (Lipinski definition) is 0. The molecule has 0 atom stereocenters. The van der Waals surface area contributed by atoms with E-state index in [2.05, 4.69) is 32.9 Å². The molecule has 1 aromatic carbocycles. The standard InChI is InChI=1S/C25H28O3/c1-18(12-14-22-19(2)9-8-16-25(22,3)4)17-21-13-15-23(27-21)24(26)28-20-10-6-5-7-11-20/h5-7,10-15,17H,8-9,16H2,1-4H3/b14-12?,18-17+. The molecule has 1 aromatic heterocycles. The molecule has 1 aliphatic carbocycles. The molecule has 0 saturated carbocycles. The van der Waals surface area contributed by atoms with Crippen molar-refractivity contribution in [1.29, 1.82) is 0 Å². The summed E-state index contributed by atoms with van der Waals surface area (Å²) in [4.78, 5) is 12.2. The zero-order valence-electron chi connectivity index (χ0n) is 17.1.